The van der Waals surface area contributed by atoms with E-state index in [-0.39, 0.29) is 29.7 Å². The summed E-state index contributed by atoms with van der Waals surface area (Å²) in [5.74, 6) is 0.297. The van der Waals surface area contributed by atoms with Crippen LogP contribution in [0, 0.1) is 11.7 Å². The first-order valence-corrected chi connectivity index (χ1v) is 11.3. The summed E-state index contributed by atoms with van der Waals surface area (Å²) in [6.07, 6.45) is 4.36. The number of nitrogen functional groups attached to an aromatic ring is 1. The molecule has 32 heavy (non-hydrogen) atoms. The highest BCUT2D eigenvalue weighted by atomic mass is 19.1. The predicted molar refractivity (Wildman–Crippen MR) is 118 cm³/mol. The van der Waals surface area contributed by atoms with Crippen LogP contribution in [0.1, 0.15) is 48.5 Å². The van der Waals surface area contributed by atoms with E-state index >= 15 is 0 Å². The molecule has 3 aliphatic rings. The second-order valence-corrected chi connectivity index (χ2v) is 9.30. The minimum atomic E-state index is -0.808. The molecule has 1 saturated heterocycles. The normalized spacial score (nSPS) is 25.2. The smallest absolute Gasteiger partial charge is 0.246 e. The van der Waals surface area contributed by atoms with Gasteiger partial charge in [-0.3, -0.25) is 9.59 Å². The molecule has 2 aromatic rings. The average molecular weight is 438 g/mol. The molecule has 1 aromatic carbocycles. The second kappa shape index (κ2) is 8.16. The molecule has 0 bridgehead atoms. The van der Waals surface area contributed by atoms with Crippen molar-refractivity contribution in [1.29, 1.82) is 0 Å². The zero-order valence-electron chi connectivity index (χ0n) is 17.9. The summed E-state index contributed by atoms with van der Waals surface area (Å²) in [4.78, 5) is 30.3. The molecule has 168 valence electrons. The maximum absolute atomic E-state index is 13.1. The van der Waals surface area contributed by atoms with E-state index in [4.69, 9.17) is 5.73 Å². The van der Waals surface area contributed by atoms with Crippen molar-refractivity contribution in [3.05, 3.63) is 59.0 Å². The third-order valence-corrected chi connectivity index (χ3v) is 6.90. The van der Waals surface area contributed by atoms with Gasteiger partial charge in [-0.1, -0.05) is 18.2 Å². The van der Waals surface area contributed by atoms with Gasteiger partial charge in [0.05, 0.1) is 12.1 Å². The first-order chi connectivity index (χ1) is 15.4. The molecular formula is C24H28FN5O2. The molecule has 1 aromatic heterocycles. The molecule has 8 heteroatoms. The molecular weight excluding hydrogens is 409 g/mol. The fourth-order valence-electron chi connectivity index (χ4n) is 4.90. The highest BCUT2D eigenvalue weighted by Gasteiger charge is 2.52. The molecule has 3 unspecified atom stereocenters. The number of nitrogens with one attached hydrogen (secondary N) is 3. The van der Waals surface area contributed by atoms with Gasteiger partial charge in [0.25, 0.3) is 0 Å². The van der Waals surface area contributed by atoms with E-state index in [2.05, 4.69) is 20.9 Å². The Bertz CT molecular complexity index is 1040. The number of fused-ring (bicyclic) bond motifs is 1. The number of rotatable bonds is 6. The summed E-state index contributed by atoms with van der Waals surface area (Å²) in [7, 11) is 0. The zero-order valence-corrected chi connectivity index (χ0v) is 17.9. The van der Waals surface area contributed by atoms with Gasteiger partial charge in [0.15, 0.2) is 0 Å². The van der Waals surface area contributed by atoms with E-state index < -0.39 is 5.54 Å². The fraction of sp³-hybridized carbons (Fsp3) is 0.458. The molecule has 5 N–H and O–H groups in total. The number of nitrogens with two attached hydrogens (primary N) is 1. The monoisotopic (exact) mass is 437 g/mol. The van der Waals surface area contributed by atoms with Crippen molar-refractivity contribution >= 4 is 17.6 Å². The summed E-state index contributed by atoms with van der Waals surface area (Å²) in [6.45, 7) is 0.726. The maximum Gasteiger partial charge on any atom is 0.246 e. The molecule has 5 rings (SSSR count). The van der Waals surface area contributed by atoms with Crippen molar-refractivity contribution in [3.8, 4) is 0 Å². The van der Waals surface area contributed by atoms with Crippen molar-refractivity contribution in [2.45, 2.75) is 56.1 Å². The summed E-state index contributed by atoms with van der Waals surface area (Å²) in [5.41, 5.74) is 7.96. The zero-order chi connectivity index (χ0) is 22.3. The van der Waals surface area contributed by atoms with Crippen molar-refractivity contribution in [1.82, 2.24) is 20.9 Å². The Morgan fingerprint density at radius 1 is 1.19 bits per heavy atom. The number of hydrogen-bond acceptors (Lipinski definition) is 5. The van der Waals surface area contributed by atoms with Gasteiger partial charge < -0.3 is 21.7 Å². The van der Waals surface area contributed by atoms with E-state index in [0.29, 0.717) is 31.0 Å². The van der Waals surface area contributed by atoms with Gasteiger partial charge in [-0.05, 0) is 80.3 Å². The Kier molecular flexibility index (Phi) is 5.33. The summed E-state index contributed by atoms with van der Waals surface area (Å²) < 4.78 is 13.1. The molecule has 2 aliphatic carbocycles. The molecule has 2 amide bonds. The minimum Gasteiger partial charge on any atom is -0.384 e. The van der Waals surface area contributed by atoms with Gasteiger partial charge in [0, 0.05) is 5.69 Å². The number of halogens is 1. The number of carbonyl (C=O) groups is 2. The van der Waals surface area contributed by atoms with E-state index in [1.807, 2.05) is 6.07 Å². The van der Waals surface area contributed by atoms with Gasteiger partial charge >= 0.3 is 0 Å². The lowest BCUT2D eigenvalue weighted by atomic mass is 9.96. The number of carbonyl (C=O) groups excluding carboxylic acids is 2. The Balaban J connectivity index is 1.15. The lowest BCUT2D eigenvalue weighted by molar-refractivity contribution is -0.131. The van der Waals surface area contributed by atoms with Crippen LogP contribution in [0.15, 0.2) is 36.4 Å². The number of aryl methyl sites for hydroxylation is 1. The van der Waals surface area contributed by atoms with Crippen molar-refractivity contribution in [2.24, 2.45) is 5.92 Å². The number of nitrogens with zero attached hydrogens (tertiary/aromatic N) is 1. The molecule has 2 heterocycles. The number of pyridine rings is 1. The van der Waals surface area contributed by atoms with E-state index in [1.54, 1.807) is 18.2 Å². The lowest BCUT2D eigenvalue weighted by Gasteiger charge is -2.22. The van der Waals surface area contributed by atoms with Gasteiger partial charge in [-0.15, -0.1) is 0 Å². The van der Waals surface area contributed by atoms with E-state index in [1.165, 1.54) is 12.1 Å². The standard InChI is InChI=1S/C24H28FN5O2/c25-16-3-1-14(2-4-16)11-15-12-20(27-13-15)22(31)30-24(9-10-24)23(32)29-19-7-6-18-17(19)5-8-21(26)28-18/h1-5,8,15,19-20,27H,6-7,9-13H2,(H2,26,28)(H,29,32)(H,30,31). The topological polar surface area (TPSA) is 109 Å². The lowest BCUT2D eigenvalue weighted by Crippen LogP contribution is -2.53. The minimum absolute atomic E-state index is 0.0929. The third-order valence-electron chi connectivity index (χ3n) is 6.90. The van der Waals surface area contributed by atoms with Crippen LogP contribution in [-0.4, -0.2) is 34.9 Å². The molecule has 1 saturated carbocycles. The Labute approximate surface area is 186 Å². The van der Waals surface area contributed by atoms with Crippen LogP contribution in [0.2, 0.25) is 0 Å². The van der Waals surface area contributed by atoms with Crippen LogP contribution in [0.3, 0.4) is 0 Å². The largest absolute Gasteiger partial charge is 0.384 e. The molecule has 3 atom stereocenters. The number of benzene rings is 1. The summed E-state index contributed by atoms with van der Waals surface area (Å²) in [6, 6.07) is 9.78. The Hall–Kier alpha value is -3.00. The fourth-order valence-corrected chi connectivity index (χ4v) is 4.90. The van der Waals surface area contributed by atoms with Gasteiger partial charge in [-0.2, -0.15) is 0 Å². The highest BCUT2D eigenvalue weighted by molar-refractivity contribution is 5.95. The van der Waals surface area contributed by atoms with Crippen LogP contribution in [0.4, 0.5) is 10.2 Å². The van der Waals surface area contributed by atoms with Crippen molar-refractivity contribution in [3.63, 3.8) is 0 Å². The van der Waals surface area contributed by atoms with Crippen LogP contribution in [0.5, 0.6) is 0 Å². The number of amides is 2. The predicted octanol–water partition coefficient (Wildman–Crippen LogP) is 1.78. The first kappa shape index (κ1) is 20.9. The van der Waals surface area contributed by atoms with E-state index in [9.17, 15) is 14.0 Å². The molecule has 7 nitrogen and oxygen atoms in total. The SMILES string of the molecule is Nc1ccc2c(n1)CCC2NC(=O)C1(NC(=O)C2CC(Cc3ccc(F)cc3)CN2)CC1. The number of anilines is 1. The molecule has 0 radical (unpaired) electrons. The molecule has 0 spiro atoms. The van der Waals surface area contributed by atoms with Gasteiger partial charge in [-0.25, -0.2) is 9.37 Å². The van der Waals surface area contributed by atoms with Gasteiger partial charge in [0.1, 0.15) is 17.2 Å². The van der Waals surface area contributed by atoms with Crippen LogP contribution < -0.4 is 21.7 Å². The third kappa shape index (κ3) is 4.19. The Morgan fingerprint density at radius 2 is 1.97 bits per heavy atom. The average Bonchev–Trinajstić information content (AvgIpc) is 3.23. The van der Waals surface area contributed by atoms with Crippen LogP contribution >= 0.6 is 0 Å². The molecule has 2 fully saturated rings. The number of aromatic nitrogens is 1. The first-order valence-electron chi connectivity index (χ1n) is 11.3. The maximum atomic E-state index is 13.1. The van der Waals surface area contributed by atoms with Gasteiger partial charge in [0.2, 0.25) is 11.8 Å². The quantitative estimate of drug-likeness (QED) is 0.551. The summed E-state index contributed by atoms with van der Waals surface area (Å²) in [5, 5.41) is 9.40. The van der Waals surface area contributed by atoms with Crippen LogP contribution in [0.25, 0.3) is 0 Å². The van der Waals surface area contributed by atoms with E-state index in [0.717, 1.165) is 42.6 Å². The van der Waals surface area contributed by atoms with Crippen molar-refractivity contribution < 1.29 is 14.0 Å². The summed E-state index contributed by atoms with van der Waals surface area (Å²) >= 11 is 0. The second-order valence-electron chi connectivity index (χ2n) is 9.30. The van der Waals surface area contributed by atoms with Crippen LogP contribution in [-0.2, 0) is 22.4 Å². The molecule has 1 aliphatic heterocycles. The Morgan fingerprint density at radius 3 is 2.72 bits per heavy atom. The highest BCUT2D eigenvalue weighted by Crippen LogP contribution is 2.38. The number of hydrogen-bond donors (Lipinski definition) is 4. The van der Waals surface area contributed by atoms with Crippen molar-refractivity contribution in [2.75, 3.05) is 12.3 Å².